The van der Waals surface area contributed by atoms with Crippen LogP contribution in [0.25, 0.3) is 0 Å². The molecule has 24 heavy (non-hydrogen) atoms. The fourth-order valence-electron chi connectivity index (χ4n) is 2.08. The first-order valence-corrected chi connectivity index (χ1v) is 7.62. The highest BCUT2D eigenvalue weighted by Gasteiger charge is 2.03. The molecule has 4 nitrogen and oxygen atoms in total. The van der Waals surface area contributed by atoms with E-state index >= 15 is 0 Å². The quantitative estimate of drug-likeness (QED) is 0.360. The molecule has 0 aliphatic heterocycles. The maximum atomic E-state index is 13.3. The van der Waals surface area contributed by atoms with Gasteiger partial charge in [0.1, 0.15) is 0 Å². The maximum Gasteiger partial charge on any atom is 0.191 e. The molecule has 0 unspecified atom stereocenters. The fourth-order valence-corrected chi connectivity index (χ4v) is 2.30. The van der Waals surface area contributed by atoms with Gasteiger partial charge in [-0.05, 0) is 41.8 Å². The third-order valence-electron chi connectivity index (χ3n) is 3.29. The molecule has 130 valence electrons. The number of aliphatic imine (C=N–C) groups is 1. The molecule has 2 rings (SSSR count). The van der Waals surface area contributed by atoms with E-state index in [1.165, 1.54) is 12.1 Å². The van der Waals surface area contributed by atoms with Gasteiger partial charge < -0.3 is 15.7 Å². The van der Waals surface area contributed by atoms with Gasteiger partial charge in [-0.2, -0.15) is 0 Å². The summed E-state index contributed by atoms with van der Waals surface area (Å²) >= 11 is 5.95. The Morgan fingerprint density at radius 3 is 2.62 bits per heavy atom. The van der Waals surface area contributed by atoms with Gasteiger partial charge in [0.15, 0.2) is 17.5 Å². The molecule has 0 spiro atoms. The van der Waals surface area contributed by atoms with Crippen LogP contribution in [0, 0.1) is 5.82 Å². The van der Waals surface area contributed by atoms with Gasteiger partial charge in [0.05, 0.1) is 0 Å². The summed E-state index contributed by atoms with van der Waals surface area (Å²) in [5, 5.41) is 16.2. The summed E-state index contributed by atoms with van der Waals surface area (Å²) in [6.07, 6.45) is 0.815. The number of aromatic hydroxyl groups is 1. The van der Waals surface area contributed by atoms with E-state index in [0.717, 1.165) is 22.6 Å². The summed E-state index contributed by atoms with van der Waals surface area (Å²) in [4.78, 5) is 4.12. The Hall–Kier alpha value is -1.54. The Balaban J connectivity index is 0.00000288. The zero-order chi connectivity index (χ0) is 16.7. The molecule has 2 aromatic carbocycles. The predicted octanol–water partition coefficient (Wildman–Crippen LogP) is 3.71. The van der Waals surface area contributed by atoms with Gasteiger partial charge in [-0.1, -0.05) is 29.8 Å². The lowest BCUT2D eigenvalue weighted by molar-refractivity contribution is 0.431. The molecule has 3 N–H and O–H groups in total. The predicted molar refractivity (Wildman–Crippen MR) is 107 cm³/mol. The average molecular weight is 464 g/mol. The van der Waals surface area contributed by atoms with Crippen molar-refractivity contribution in [1.29, 1.82) is 0 Å². The number of hydrogen-bond donors (Lipinski definition) is 3. The minimum Gasteiger partial charge on any atom is -0.505 e. The van der Waals surface area contributed by atoms with E-state index in [1.54, 1.807) is 13.1 Å². The van der Waals surface area contributed by atoms with Crippen LogP contribution in [0.15, 0.2) is 47.5 Å². The zero-order valence-corrected chi connectivity index (χ0v) is 16.3. The second-order valence-electron chi connectivity index (χ2n) is 5.02. The van der Waals surface area contributed by atoms with Crippen LogP contribution in [0.3, 0.4) is 0 Å². The number of phenolic OH excluding ortho intramolecular Hbond substituents is 1. The minimum atomic E-state index is -0.631. The summed E-state index contributed by atoms with van der Waals surface area (Å²) in [5.41, 5.74) is 1.86. The molecule has 0 heterocycles. The molecule has 0 bridgehead atoms. The van der Waals surface area contributed by atoms with E-state index in [1.807, 2.05) is 24.3 Å². The van der Waals surface area contributed by atoms with Gasteiger partial charge >= 0.3 is 0 Å². The first kappa shape index (κ1) is 20.5. The highest BCUT2D eigenvalue weighted by atomic mass is 127. The van der Waals surface area contributed by atoms with E-state index in [0.29, 0.717) is 19.0 Å². The lowest BCUT2D eigenvalue weighted by atomic mass is 10.1. The first-order chi connectivity index (χ1) is 11.1. The highest BCUT2D eigenvalue weighted by molar-refractivity contribution is 14.0. The van der Waals surface area contributed by atoms with Crippen molar-refractivity contribution >= 4 is 41.5 Å². The Morgan fingerprint density at radius 1 is 1.17 bits per heavy atom. The fraction of sp³-hybridized carbons (Fsp3) is 0.235. The molecule has 0 saturated carbocycles. The first-order valence-electron chi connectivity index (χ1n) is 7.25. The van der Waals surface area contributed by atoms with Crippen LogP contribution in [0.1, 0.15) is 11.1 Å². The normalized spacial score (nSPS) is 10.9. The molecule has 0 atom stereocenters. The molecule has 7 heteroatoms. The molecule has 0 saturated heterocycles. The van der Waals surface area contributed by atoms with Crippen LogP contribution in [0.4, 0.5) is 4.39 Å². The topological polar surface area (TPSA) is 56.7 Å². The van der Waals surface area contributed by atoms with Crippen molar-refractivity contribution in [2.75, 3.05) is 13.6 Å². The van der Waals surface area contributed by atoms with Gasteiger partial charge in [-0.15, -0.1) is 24.0 Å². The number of guanidine groups is 1. The van der Waals surface area contributed by atoms with E-state index in [4.69, 9.17) is 11.6 Å². The highest BCUT2D eigenvalue weighted by Crippen LogP contribution is 2.15. The number of nitrogens with zero attached hydrogens (tertiary/aromatic N) is 1. The second kappa shape index (κ2) is 10.4. The Morgan fingerprint density at radius 2 is 1.96 bits per heavy atom. The molecule has 0 fully saturated rings. The molecular weight excluding hydrogens is 444 g/mol. The van der Waals surface area contributed by atoms with Crippen molar-refractivity contribution in [3.05, 3.63) is 64.4 Å². The Kier molecular flexibility index (Phi) is 8.84. The number of nitrogens with one attached hydrogen (secondary N) is 2. The summed E-state index contributed by atoms with van der Waals surface area (Å²) in [6.45, 7) is 1.11. The van der Waals surface area contributed by atoms with Crippen LogP contribution in [0.2, 0.25) is 5.02 Å². The number of halogens is 3. The summed E-state index contributed by atoms with van der Waals surface area (Å²) in [6, 6.07) is 12.0. The zero-order valence-electron chi connectivity index (χ0n) is 13.2. The summed E-state index contributed by atoms with van der Waals surface area (Å²) < 4.78 is 13.3. The molecule has 2 aromatic rings. The van der Waals surface area contributed by atoms with Gasteiger partial charge in [-0.3, -0.25) is 4.99 Å². The molecule has 0 aromatic heterocycles. The van der Waals surface area contributed by atoms with Crippen LogP contribution in [0.5, 0.6) is 5.75 Å². The number of benzene rings is 2. The Labute approximate surface area is 163 Å². The number of phenols is 1. The molecule has 0 aliphatic rings. The van der Waals surface area contributed by atoms with Crippen LogP contribution >= 0.6 is 35.6 Å². The monoisotopic (exact) mass is 463 g/mol. The lowest BCUT2D eigenvalue weighted by Crippen LogP contribution is -2.37. The largest absolute Gasteiger partial charge is 0.505 e. The van der Waals surface area contributed by atoms with Crippen molar-refractivity contribution < 1.29 is 9.50 Å². The van der Waals surface area contributed by atoms with E-state index in [9.17, 15) is 9.50 Å². The van der Waals surface area contributed by atoms with E-state index in [2.05, 4.69) is 15.6 Å². The standard InChI is InChI=1S/C17H19ClFN3O.HI/c1-20-17(21-8-7-12-3-2-4-14(18)9-12)22-11-13-5-6-16(23)15(19)10-13;/h2-6,9-10,23H,7-8,11H2,1H3,(H2,20,21,22);1H. The van der Waals surface area contributed by atoms with Crippen molar-refractivity contribution in [3.8, 4) is 5.75 Å². The van der Waals surface area contributed by atoms with Crippen LogP contribution in [-0.4, -0.2) is 24.7 Å². The second-order valence-corrected chi connectivity index (χ2v) is 5.45. The molecule has 0 amide bonds. The smallest absolute Gasteiger partial charge is 0.191 e. The SMILES string of the molecule is CN=C(NCCc1cccc(Cl)c1)NCc1ccc(O)c(F)c1.I. The van der Waals surface area contributed by atoms with E-state index < -0.39 is 5.82 Å². The van der Waals surface area contributed by atoms with Gasteiger partial charge in [0, 0.05) is 25.2 Å². The van der Waals surface area contributed by atoms with Gasteiger partial charge in [0.2, 0.25) is 0 Å². The summed E-state index contributed by atoms with van der Waals surface area (Å²) in [5.74, 6) is -0.355. The lowest BCUT2D eigenvalue weighted by Gasteiger charge is -2.12. The third-order valence-corrected chi connectivity index (χ3v) is 3.53. The van der Waals surface area contributed by atoms with Crippen molar-refractivity contribution in [3.63, 3.8) is 0 Å². The van der Waals surface area contributed by atoms with Crippen molar-refractivity contribution in [2.24, 2.45) is 4.99 Å². The minimum absolute atomic E-state index is 0. The summed E-state index contributed by atoms with van der Waals surface area (Å²) in [7, 11) is 1.67. The van der Waals surface area contributed by atoms with E-state index in [-0.39, 0.29) is 29.7 Å². The number of hydrogen-bond acceptors (Lipinski definition) is 2. The maximum absolute atomic E-state index is 13.3. The van der Waals surface area contributed by atoms with Gasteiger partial charge in [0.25, 0.3) is 0 Å². The average Bonchev–Trinajstić information content (AvgIpc) is 2.54. The van der Waals surface area contributed by atoms with Gasteiger partial charge in [-0.25, -0.2) is 4.39 Å². The van der Waals surface area contributed by atoms with Crippen molar-refractivity contribution in [1.82, 2.24) is 10.6 Å². The Bertz CT molecular complexity index is 697. The van der Waals surface area contributed by atoms with Crippen molar-refractivity contribution in [2.45, 2.75) is 13.0 Å². The third kappa shape index (κ3) is 6.52. The molecular formula is C17H20ClFIN3O. The van der Waals surface area contributed by atoms with Crippen LogP contribution in [-0.2, 0) is 13.0 Å². The number of rotatable bonds is 5. The molecule has 0 radical (unpaired) electrons. The van der Waals surface area contributed by atoms with Crippen LogP contribution < -0.4 is 10.6 Å². The molecule has 0 aliphatic carbocycles.